The number of benzene rings is 2. The van der Waals surface area contributed by atoms with E-state index < -0.39 is 0 Å². The van der Waals surface area contributed by atoms with Gasteiger partial charge in [0.05, 0.1) is 25.4 Å². The monoisotopic (exact) mass is 461 g/mol. The van der Waals surface area contributed by atoms with Crippen LogP contribution in [0.3, 0.4) is 0 Å². The number of piperazine rings is 1. The second-order valence-corrected chi connectivity index (χ2v) is 9.32. The third-order valence-corrected chi connectivity index (χ3v) is 7.09. The van der Waals surface area contributed by atoms with Gasteiger partial charge in [-0.1, -0.05) is 12.1 Å². The predicted octanol–water partition coefficient (Wildman–Crippen LogP) is 4.01. The fourth-order valence-corrected chi connectivity index (χ4v) is 5.07. The molecule has 1 saturated carbocycles. The summed E-state index contributed by atoms with van der Waals surface area (Å²) in [6.07, 6.45) is 4.26. The van der Waals surface area contributed by atoms with E-state index in [4.69, 9.17) is 20.2 Å². The van der Waals surface area contributed by atoms with Crippen LogP contribution in [0.2, 0.25) is 0 Å². The van der Waals surface area contributed by atoms with Crippen LogP contribution in [0.25, 0.3) is 22.2 Å². The zero-order valence-corrected chi connectivity index (χ0v) is 20.1. The molecule has 34 heavy (non-hydrogen) atoms. The molecular weight excluding hydrogens is 426 g/mol. The number of rotatable bonds is 6. The van der Waals surface area contributed by atoms with E-state index in [0.29, 0.717) is 23.6 Å². The van der Waals surface area contributed by atoms with Gasteiger partial charge in [0.15, 0.2) is 11.5 Å². The highest BCUT2D eigenvalue weighted by atomic mass is 16.5. The highest BCUT2D eigenvalue weighted by Crippen LogP contribution is 2.38. The molecule has 0 spiro atoms. The Kier molecular flexibility index (Phi) is 6.74. The minimum atomic E-state index is 0.321. The minimum absolute atomic E-state index is 0.321. The molecule has 2 heterocycles. The zero-order valence-electron chi connectivity index (χ0n) is 20.1. The van der Waals surface area contributed by atoms with Gasteiger partial charge in [-0.2, -0.15) is 0 Å². The average Bonchev–Trinajstić information content (AvgIpc) is 2.89. The lowest BCUT2D eigenvalue weighted by atomic mass is 9.91. The number of hydrogen-bond acceptors (Lipinski definition) is 7. The maximum absolute atomic E-state index is 6.14. The van der Waals surface area contributed by atoms with Crippen molar-refractivity contribution in [1.29, 1.82) is 0 Å². The van der Waals surface area contributed by atoms with Gasteiger partial charge in [-0.15, -0.1) is 0 Å². The van der Waals surface area contributed by atoms with Gasteiger partial charge in [-0.3, -0.25) is 0 Å². The lowest BCUT2D eigenvalue weighted by Crippen LogP contribution is -2.43. The molecule has 1 aliphatic heterocycles. The molecule has 0 unspecified atom stereocenters. The Morgan fingerprint density at radius 2 is 1.62 bits per heavy atom. The SMILES string of the molecule is COc1cc2nc(-c3ccc(N4CCNCC4)cc3)cc(N[C@H]3CC[C@@H](N)CC3)c2cc1OC. The molecule has 180 valence electrons. The summed E-state index contributed by atoms with van der Waals surface area (Å²) in [6.45, 7) is 4.13. The quantitative estimate of drug-likeness (QED) is 0.511. The van der Waals surface area contributed by atoms with Gasteiger partial charge in [0, 0.05) is 66.7 Å². The first-order valence-corrected chi connectivity index (χ1v) is 12.3. The molecule has 0 bridgehead atoms. The van der Waals surface area contributed by atoms with Gasteiger partial charge in [0.25, 0.3) is 0 Å². The summed E-state index contributed by atoms with van der Waals surface area (Å²) >= 11 is 0. The number of anilines is 2. The lowest BCUT2D eigenvalue weighted by molar-refractivity contribution is 0.356. The summed E-state index contributed by atoms with van der Waals surface area (Å²) in [5.41, 5.74) is 11.4. The molecule has 4 N–H and O–H groups in total. The van der Waals surface area contributed by atoms with Crippen LogP contribution in [0.4, 0.5) is 11.4 Å². The molecule has 3 aromatic rings. The molecular formula is C27H35N5O2. The predicted molar refractivity (Wildman–Crippen MR) is 139 cm³/mol. The first-order chi connectivity index (χ1) is 16.6. The van der Waals surface area contributed by atoms with Gasteiger partial charge in [-0.05, 0) is 49.9 Å². The largest absolute Gasteiger partial charge is 0.493 e. The maximum Gasteiger partial charge on any atom is 0.162 e. The highest BCUT2D eigenvalue weighted by Gasteiger charge is 2.21. The molecule has 0 radical (unpaired) electrons. The van der Waals surface area contributed by atoms with Crippen molar-refractivity contribution in [2.45, 2.75) is 37.8 Å². The maximum atomic E-state index is 6.14. The van der Waals surface area contributed by atoms with Crippen LogP contribution < -0.4 is 30.7 Å². The fourth-order valence-electron chi connectivity index (χ4n) is 5.07. The molecule has 1 aromatic heterocycles. The molecule has 0 atom stereocenters. The summed E-state index contributed by atoms with van der Waals surface area (Å²) in [6, 6.07) is 15.6. The minimum Gasteiger partial charge on any atom is -0.493 e. The molecule has 0 amide bonds. The summed E-state index contributed by atoms with van der Waals surface area (Å²) < 4.78 is 11.1. The second-order valence-electron chi connectivity index (χ2n) is 9.32. The van der Waals surface area contributed by atoms with Gasteiger partial charge in [0.2, 0.25) is 0 Å². The zero-order chi connectivity index (χ0) is 23.5. The van der Waals surface area contributed by atoms with E-state index in [9.17, 15) is 0 Å². The van der Waals surface area contributed by atoms with Crippen LogP contribution in [0.15, 0.2) is 42.5 Å². The number of nitrogens with one attached hydrogen (secondary N) is 2. The average molecular weight is 462 g/mol. The Bertz CT molecular complexity index is 1120. The van der Waals surface area contributed by atoms with E-state index in [2.05, 4.69) is 45.9 Å². The van der Waals surface area contributed by atoms with E-state index in [1.165, 1.54) is 5.69 Å². The molecule has 2 aliphatic rings. The van der Waals surface area contributed by atoms with Gasteiger partial charge in [0.1, 0.15) is 0 Å². The smallest absolute Gasteiger partial charge is 0.162 e. The number of pyridine rings is 1. The van der Waals surface area contributed by atoms with Gasteiger partial charge >= 0.3 is 0 Å². The number of nitrogens with zero attached hydrogens (tertiary/aromatic N) is 2. The Labute approximate surface area is 201 Å². The van der Waals surface area contributed by atoms with Crippen molar-refractivity contribution < 1.29 is 9.47 Å². The van der Waals surface area contributed by atoms with Crippen LogP contribution >= 0.6 is 0 Å². The van der Waals surface area contributed by atoms with E-state index >= 15 is 0 Å². The molecule has 7 heteroatoms. The first-order valence-electron chi connectivity index (χ1n) is 12.3. The molecule has 1 saturated heterocycles. The fraction of sp³-hybridized carbons (Fsp3) is 0.444. The number of hydrogen-bond donors (Lipinski definition) is 3. The van der Waals surface area contributed by atoms with Gasteiger partial charge < -0.3 is 30.7 Å². The summed E-state index contributed by atoms with van der Waals surface area (Å²) in [5, 5.41) is 8.25. The molecule has 5 rings (SSSR count). The van der Waals surface area contributed by atoms with Gasteiger partial charge in [-0.25, -0.2) is 4.98 Å². The third-order valence-electron chi connectivity index (χ3n) is 7.09. The molecule has 2 aromatic carbocycles. The van der Waals surface area contributed by atoms with E-state index in [1.807, 2.05) is 12.1 Å². The number of fused-ring (bicyclic) bond motifs is 1. The van der Waals surface area contributed by atoms with Crippen molar-refractivity contribution >= 4 is 22.3 Å². The Morgan fingerprint density at radius 1 is 0.941 bits per heavy atom. The van der Waals surface area contributed by atoms with Crippen molar-refractivity contribution in [3.8, 4) is 22.8 Å². The lowest BCUT2D eigenvalue weighted by Gasteiger charge is -2.29. The summed E-state index contributed by atoms with van der Waals surface area (Å²) in [7, 11) is 3.33. The Hall–Kier alpha value is -3.03. The van der Waals surface area contributed by atoms with Crippen LogP contribution in [0.1, 0.15) is 25.7 Å². The van der Waals surface area contributed by atoms with E-state index in [0.717, 1.165) is 79.7 Å². The first kappa shape index (κ1) is 22.7. The number of aromatic nitrogens is 1. The van der Waals surface area contributed by atoms with Crippen molar-refractivity contribution in [2.24, 2.45) is 5.73 Å². The van der Waals surface area contributed by atoms with Crippen molar-refractivity contribution in [3.05, 3.63) is 42.5 Å². The van der Waals surface area contributed by atoms with Crippen LogP contribution in [-0.4, -0.2) is 57.5 Å². The normalized spacial score (nSPS) is 20.9. The van der Waals surface area contributed by atoms with E-state index in [-0.39, 0.29) is 0 Å². The Morgan fingerprint density at radius 3 is 2.29 bits per heavy atom. The summed E-state index contributed by atoms with van der Waals surface area (Å²) in [5.74, 6) is 1.39. The molecule has 7 nitrogen and oxygen atoms in total. The number of methoxy groups -OCH3 is 2. The molecule has 1 aliphatic carbocycles. The van der Waals surface area contributed by atoms with Crippen LogP contribution in [0, 0.1) is 0 Å². The number of nitrogens with two attached hydrogens (primary N) is 1. The van der Waals surface area contributed by atoms with Crippen molar-refractivity contribution in [2.75, 3.05) is 50.6 Å². The Balaban J connectivity index is 1.52. The van der Waals surface area contributed by atoms with Crippen LogP contribution in [-0.2, 0) is 0 Å². The summed E-state index contributed by atoms with van der Waals surface area (Å²) in [4.78, 5) is 7.44. The third kappa shape index (κ3) is 4.76. The second kappa shape index (κ2) is 10.1. The highest BCUT2D eigenvalue weighted by molar-refractivity contribution is 5.96. The molecule has 2 fully saturated rings. The number of ether oxygens (including phenoxy) is 2. The standard InChI is InChI=1S/C27H35N5O2/c1-33-26-15-22-24(30-20-7-5-19(28)6-8-20)16-23(31-25(22)17-27(26)34-2)18-3-9-21(10-4-18)32-13-11-29-12-14-32/h3-4,9-10,15-17,19-20,29H,5-8,11-14,28H2,1-2H3,(H,30,31)/t19-,20+. The van der Waals surface area contributed by atoms with E-state index in [1.54, 1.807) is 14.2 Å². The van der Waals surface area contributed by atoms with Crippen molar-refractivity contribution in [1.82, 2.24) is 10.3 Å². The topological polar surface area (TPSA) is 84.7 Å². The van der Waals surface area contributed by atoms with Crippen LogP contribution in [0.5, 0.6) is 11.5 Å². The van der Waals surface area contributed by atoms with Crippen molar-refractivity contribution in [3.63, 3.8) is 0 Å².